The molecule has 3 saturated heterocycles. The molecule has 3 fully saturated rings. The first kappa shape index (κ1) is 52.4. The number of aliphatic hydroxyl groups is 4. The van der Waals surface area contributed by atoms with Crippen molar-refractivity contribution in [3.05, 3.63) is 59.8 Å². The van der Waals surface area contributed by atoms with E-state index < -0.39 is 114 Å². The summed E-state index contributed by atoms with van der Waals surface area (Å²) < 4.78 is 46.7. The van der Waals surface area contributed by atoms with Crippen LogP contribution < -0.4 is 0 Å². The van der Waals surface area contributed by atoms with E-state index in [0.29, 0.717) is 5.57 Å². The van der Waals surface area contributed by atoms with Crippen LogP contribution in [0.3, 0.4) is 0 Å². The number of fused-ring (bicyclic) bond motifs is 6. The largest absolute Gasteiger partial charge is 0.466 e. The first-order valence-electron chi connectivity index (χ1n) is 21.9. The number of hydrogen-bond acceptors (Lipinski definition) is 17. The normalized spacial score (nSPS) is 35.3. The van der Waals surface area contributed by atoms with Gasteiger partial charge < -0.3 is 58.3 Å². The van der Waals surface area contributed by atoms with Crippen LogP contribution in [0.15, 0.2) is 59.8 Å². The van der Waals surface area contributed by atoms with Gasteiger partial charge in [0.1, 0.15) is 12.2 Å². The molecule has 17 nitrogen and oxygen atoms in total. The van der Waals surface area contributed by atoms with Crippen LogP contribution in [0.4, 0.5) is 0 Å². The number of ether oxygens (including phenoxy) is 8. The molecule has 0 aliphatic carbocycles. The topological polar surface area (TPSA) is 240 Å². The molecule has 0 aromatic rings. The molecule has 4 aliphatic rings. The molecule has 6 bridgehead atoms. The SMILES string of the molecule is CCC/C=C/C=C/C(=O)OC1/C(=C/C(=O)OC)CC2CC(C(C)O)OC(=O)CC(O)CC3CC(OC(C)=O)C(C)(C)C(O)(CC4C/C(=C/C(=O)OC)CC(C=CC(C)(C)C1(O)O2)O4)O3. The van der Waals surface area contributed by atoms with Crippen molar-refractivity contribution in [2.24, 2.45) is 10.8 Å². The number of unbranched alkanes of at least 4 members (excludes halogenated alkanes) is 1. The van der Waals surface area contributed by atoms with Crippen molar-refractivity contribution in [3.8, 4) is 0 Å². The van der Waals surface area contributed by atoms with Gasteiger partial charge in [0.2, 0.25) is 5.79 Å². The predicted octanol–water partition coefficient (Wildman–Crippen LogP) is 4.28. The number of cyclic esters (lactones) is 1. The summed E-state index contributed by atoms with van der Waals surface area (Å²) in [4.78, 5) is 64.7. The molecule has 0 radical (unpaired) electrons. The fourth-order valence-corrected chi connectivity index (χ4v) is 8.57. The van der Waals surface area contributed by atoms with Crippen LogP contribution in [0.25, 0.3) is 0 Å². The molecular weight excluding hydrogens is 836 g/mol. The van der Waals surface area contributed by atoms with Crippen molar-refractivity contribution in [1.29, 1.82) is 0 Å². The maximum Gasteiger partial charge on any atom is 0.331 e. The molecule has 4 aliphatic heterocycles. The molecule has 4 heterocycles. The lowest BCUT2D eigenvalue weighted by molar-refractivity contribution is -0.348. The monoisotopic (exact) mass is 904 g/mol. The number of methoxy groups -OCH3 is 2. The van der Waals surface area contributed by atoms with Gasteiger partial charge in [-0.1, -0.05) is 77.0 Å². The van der Waals surface area contributed by atoms with Gasteiger partial charge in [-0.3, -0.25) is 9.59 Å². The molecular formula is C47H68O17. The highest BCUT2D eigenvalue weighted by molar-refractivity contribution is 5.85. The quantitative estimate of drug-likeness (QED) is 0.0830. The Balaban J connectivity index is 1.89. The minimum absolute atomic E-state index is 0.0721. The summed E-state index contributed by atoms with van der Waals surface area (Å²) in [5.41, 5.74) is -2.06. The van der Waals surface area contributed by atoms with E-state index in [1.165, 1.54) is 33.1 Å². The Kier molecular flexibility index (Phi) is 18.3. The van der Waals surface area contributed by atoms with E-state index in [0.717, 1.165) is 32.1 Å². The molecule has 11 atom stereocenters. The molecule has 4 rings (SSSR count). The summed E-state index contributed by atoms with van der Waals surface area (Å²) in [7, 11) is 2.40. The van der Waals surface area contributed by atoms with Crippen LogP contribution in [0, 0.1) is 10.8 Å². The highest BCUT2D eigenvalue weighted by Crippen LogP contribution is 2.50. The predicted molar refractivity (Wildman–Crippen MR) is 228 cm³/mol. The summed E-state index contributed by atoms with van der Waals surface area (Å²) >= 11 is 0. The minimum Gasteiger partial charge on any atom is -0.466 e. The average Bonchev–Trinajstić information content (AvgIpc) is 3.19. The maximum absolute atomic E-state index is 13.4. The van der Waals surface area contributed by atoms with Gasteiger partial charge in [-0.2, -0.15) is 0 Å². The molecule has 0 aromatic heterocycles. The number of rotatable bonds is 9. The van der Waals surface area contributed by atoms with Gasteiger partial charge in [0.25, 0.3) is 0 Å². The lowest BCUT2D eigenvalue weighted by Gasteiger charge is -2.53. The molecule has 0 spiro atoms. The van der Waals surface area contributed by atoms with Crippen LogP contribution in [-0.2, 0) is 61.9 Å². The molecule has 0 amide bonds. The third kappa shape index (κ3) is 13.4. The number of carbonyl (C=O) groups is 5. The maximum atomic E-state index is 13.4. The van der Waals surface area contributed by atoms with Crippen LogP contribution in [0.1, 0.15) is 113 Å². The molecule has 11 unspecified atom stereocenters. The van der Waals surface area contributed by atoms with E-state index in [9.17, 15) is 44.4 Å². The fourth-order valence-electron chi connectivity index (χ4n) is 8.57. The summed E-state index contributed by atoms with van der Waals surface area (Å²) in [5.74, 6) is -8.31. The molecule has 358 valence electrons. The molecule has 64 heavy (non-hydrogen) atoms. The number of aliphatic hydroxyl groups excluding tert-OH is 2. The number of esters is 5. The zero-order valence-electron chi connectivity index (χ0n) is 38.5. The third-order valence-electron chi connectivity index (χ3n) is 12.4. The Morgan fingerprint density at radius 1 is 0.875 bits per heavy atom. The van der Waals surface area contributed by atoms with Crippen LogP contribution in [-0.4, -0.2) is 131 Å². The summed E-state index contributed by atoms with van der Waals surface area (Å²) in [6.45, 7) is 11.2. The van der Waals surface area contributed by atoms with Gasteiger partial charge in [0.05, 0.1) is 62.7 Å². The van der Waals surface area contributed by atoms with E-state index in [1.807, 2.05) is 13.0 Å². The minimum atomic E-state index is -2.47. The summed E-state index contributed by atoms with van der Waals surface area (Å²) in [6.07, 6.45) is 2.55. The Labute approximate surface area is 375 Å². The van der Waals surface area contributed by atoms with Gasteiger partial charge in [0, 0.05) is 56.3 Å². The number of carbonyl (C=O) groups excluding carboxylic acids is 5. The van der Waals surface area contributed by atoms with Crippen molar-refractivity contribution < 1.29 is 82.3 Å². The second kappa shape index (κ2) is 22.3. The highest BCUT2D eigenvalue weighted by Gasteiger charge is 2.59. The van der Waals surface area contributed by atoms with E-state index >= 15 is 0 Å². The lowest BCUT2D eigenvalue weighted by Crippen LogP contribution is -2.62. The zero-order chi connectivity index (χ0) is 47.6. The Hall–Kier alpha value is -4.23. The van der Waals surface area contributed by atoms with Crippen molar-refractivity contribution in [2.75, 3.05) is 14.2 Å². The van der Waals surface area contributed by atoms with E-state index in [2.05, 4.69) is 0 Å². The Morgan fingerprint density at radius 3 is 2.20 bits per heavy atom. The second-order valence-corrected chi connectivity index (χ2v) is 18.3. The Bertz CT molecular complexity index is 1830. The van der Waals surface area contributed by atoms with Crippen molar-refractivity contribution >= 4 is 29.8 Å². The van der Waals surface area contributed by atoms with E-state index in [4.69, 9.17) is 37.9 Å². The number of hydrogen-bond donors (Lipinski definition) is 4. The van der Waals surface area contributed by atoms with Gasteiger partial charge in [0.15, 0.2) is 11.9 Å². The van der Waals surface area contributed by atoms with E-state index in [-0.39, 0.29) is 50.5 Å². The first-order chi connectivity index (χ1) is 29.9. The fraction of sp³-hybridized carbons (Fsp3) is 0.681. The third-order valence-corrected chi connectivity index (χ3v) is 12.4. The van der Waals surface area contributed by atoms with Crippen LogP contribution in [0.5, 0.6) is 0 Å². The van der Waals surface area contributed by atoms with Gasteiger partial charge >= 0.3 is 29.8 Å². The van der Waals surface area contributed by atoms with Gasteiger partial charge in [-0.15, -0.1) is 0 Å². The molecule has 4 N–H and O–H groups in total. The van der Waals surface area contributed by atoms with Crippen molar-refractivity contribution in [1.82, 2.24) is 0 Å². The Morgan fingerprint density at radius 2 is 1.56 bits per heavy atom. The van der Waals surface area contributed by atoms with Crippen LogP contribution >= 0.6 is 0 Å². The summed E-state index contributed by atoms with van der Waals surface area (Å²) in [5, 5.41) is 47.5. The smallest absolute Gasteiger partial charge is 0.331 e. The van der Waals surface area contributed by atoms with Crippen molar-refractivity contribution in [2.45, 2.75) is 179 Å². The summed E-state index contributed by atoms with van der Waals surface area (Å²) in [6, 6.07) is 0. The van der Waals surface area contributed by atoms with Gasteiger partial charge in [-0.05, 0) is 38.2 Å². The molecule has 0 aromatic carbocycles. The standard InChI is InChI=1S/C47H68O17/c1-10-11-12-13-14-15-39(51)62-43-31(22-41(53)58-9)21-34-25-37(28(2)48)61-42(54)24-32(50)23-35-26-38(59-29(3)49)45(6,7)46(55,63-35)27-36-19-30(20-40(52)57-8)18-33(60-36)16-17-44(4,5)47(43,56)64-34/h12-17,20,22,28,32-38,43,48,50,55-56H,10-11,18-19,21,23-27H2,1-9H3/b13-12+,15-14+,17-16?,30-20+,31-22+. The molecule has 17 heteroatoms. The van der Waals surface area contributed by atoms with Crippen LogP contribution in [0.2, 0.25) is 0 Å². The molecule has 0 saturated carbocycles. The zero-order valence-corrected chi connectivity index (χ0v) is 38.5. The number of allylic oxidation sites excluding steroid dienone is 3. The van der Waals surface area contributed by atoms with E-state index in [1.54, 1.807) is 45.9 Å². The lowest BCUT2D eigenvalue weighted by atomic mass is 9.70. The second-order valence-electron chi connectivity index (χ2n) is 18.3. The van der Waals surface area contributed by atoms with Crippen molar-refractivity contribution in [3.63, 3.8) is 0 Å². The van der Waals surface area contributed by atoms with Gasteiger partial charge in [-0.25, -0.2) is 14.4 Å². The first-order valence-corrected chi connectivity index (χ1v) is 21.9. The highest BCUT2D eigenvalue weighted by atomic mass is 16.7. The average molecular weight is 905 g/mol.